The number of benzene rings is 8. The molecule has 4 heterocycles. The van der Waals surface area contributed by atoms with Gasteiger partial charge in [-0.25, -0.2) is 0 Å². The van der Waals surface area contributed by atoms with Crippen LogP contribution in [0.5, 0.6) is 23.0 Å². The van der Waals surface area contributed by atoms with Crippen LogP contribution in [0.3, 0.4) is 0 Å². The molecule has 0 bridgehead atoms. The molecule has 0 saturated carbocycles. The van der Waals surface area contributed by atoms with Gasteiger partial charge in [0.25, 0.3) is 6.71 Å². The Bertz CT molecular complexity index is 3490. The normalized spacial score (nSPS) is 13.4. The van der Waals surface area contributed by atoms with E-state index in [1.807, 2.05) is 11.3 Å². The van der Waals surface area contributed by atoms with E-state index in [9.17, 15) is 0 Å². The van der Waals surface area contributed by atoms with E-state index in [4.69, 9.17) is 9.47 Å². The molecular formula is C60H53BN2O2S. The molecule has 0 N–H and O–H groups in total. The first-order chi connectivity index (χ1) is 31.6. The summed E-state index contributed by atoms with van der Waals surface area (Å²) in [7, 11) is 0. The van der Waals surface area contributed by atoms with Crippen LogP contribution in [0.1, 0.15) is 79.0 Å². The lowest BCUT2D eigenvalue weighted by Crippen LogP contribution is -2.57. The average Bonchev–Trinajstić information content (AvgIpc) is 3.85. The van der Waals surface area contributed by atoms with E-state index < -0.39 is 0 Å². The van der Waals surface area contributed by atoms with Crippen molar-refractivity contribution in [3.63, 3.8) is 0 Å². The third-order valence-corrected chi connectivity index (χ3v) is 15.2. The fraction of sp³-hybridized carbons (Fsp3) is 0.200. The van der Waals surface area contributed by atoms with Gasteiger partial charge in [0.05, 0.1) is 21.4 Å². The third kappa shape index (κ3) is 6.32. The van der Waals surface area contributed by atoms with E-state index in [2.05, 4.69) is 230 Å². The van der Waals surface area contributed by atoms with Crippen molar-refractivity contribution < 1.29 is 9.47 Å². The highest BCUT2D eigenvalue weighted by molar-refractivity contribution is 7.26. The number of anilines is 3. The fourth-order valence-electron chi connectivity index (χ4n) is 10.4. The van der Waals surface area contributed by atoms with Crippen LogP contribution in [-0.2, 0) is 16.2 Å². The van der Waals surface area contributed by atoms with Gasteiger partial charge in [-0.1, -0.05) is 147 Å². The van der Waals surface area contributed by atoms with E-state index in [1.54, 1.807) is 0 Å². The van der Waals surface area contributed by atoms with Crippen molar-refractivity contribution in [3.8, 4) is 28.7 Å². The van der Waals surface area contributed by atoms with Gasteiger partial charge in [0.1, 0.15) is 23.0 Å². The number of fused-ring (bicyclic) bond motifs is 11. The fourth-order valence-corrected chi connectivity index (χ4v) is 11.6. The Morgan fingerprint density at radius 1 is 0.470 bits per heavy atom. The maximum atomic E-state index is 7.32. The minimum absolute atomic E-state index is 0.0400. The number of thiophene rings is 1. The highest BCUT2D eigenvalue weighted by atomic mass is 32.1. The second-order valence-corrected chi connectivity index (χ2v) is 22.5. The number of nitrogens with zero attached hydrogens (tertiary/aromatic N) is 2. The quantitative estimate of drug-likeness (QED) is 0.165. The zero-order valence-corrected chi connectivity index (χ0v) is 40.0. The van der Waals surface area contributed by atoms with Gasteiger partial charge in [-0.2, -0.15) is 0 Å². The van der Waals surface area contributed by atoms with Crippen LogP contribution >= 0.6 is 11.3 Å². The summed E-state index contributed by atoms with van der Waals surface area (Å²) in [5.74, 6) is 3.50. The minimum atomic E-state index is -0.141. The van der Waals surface area contributed by atoms with Crippen molar-refractivity contribution in [3.05, 3.63) is 174 Å². The topological polar surface area (TPSA) is 26.6 Å². The maximum absolute atomic E-state index is 7.32. The first kappa shape index (κ1) is 40.7. The molecule has 2 aliphatic heterocycles. The van der Waals surface area contributed by atoms with Crippen LogP contribution in [0, 0.1) is 0 Å². The van der Waals surface area contributed by atoms with Gasteiger partial charge in [-0.15, -0.1) is 11.3 Å². The predicted octanol–water partition coefficient (Wildman–Crippen LogP) is 15.2. The van der Waals surface area contributed by atoms with Crippen LogP contribution in [-0.4, -0.2) is 11.3 Å². The maximum Gasteiger partial charge on any atom is 0.260 e. The van der Waals surface area contributed by atoms with Gasteiger partial charge in [-0.05, 0) is 111 Å². The SMILES string of the molecule is CC(C)(C)c1ccc(N(c2ccc(C(C)(C)C)cc2)c2ccc3c(c2)Oc2cc(C(C)(C)C)cc4c2B3c2cc(-n3c5ccccc5c5ccccc53)c3c(sc5ccccc53)c2O4)cc1. The molecule has 0 atom stereocenters. The number of rotatable bonds is 4. The van der Waals surface area contributed by atoms with Crippen molar-refractivity contribution in [2.75, 3.05) is 4.90 Å². The number of para-hydroxylation sites is 2. The highest BCUT2D eigenvalue weighted by Crippen LogP contribution is 2.49. The Hall–Kier alpha value is -6.76. The zero-order valence-electron chi connectivity index (χ0n) is 39.2. The van der Waals surface area contributed by atoms with Crippen LogP contribution < -0.4 is 30.8 Å². The zero-order chi connectivity index (χ0) is 45.4. The number of ether oxygens (including phenoxy) is 2. The molecule has 12 rings (SSSR count). The van der Waals surface area contributed by atoms with E-state index in [0.717, 1.165) is 66.8 Å². The minimum Gasteiger partial charge on any atom is -0.458 e. The summed E-state index contributed by atoms with van der Waals surface area (Å²) < 4.78 is 19.4. The highest BCUT2D eigenvalue weighted by Gasteiger charge is 2.43. The van der Waals surface area contributed by atoms with E-state index in [-0.39, 0.29) is 23.0 Å². The largest absolute Gasteiger partial charge is 0.458 e. The molecular weight excluding hydrogens is 824 g/mol. The lowest BCUT2D eigenvalue weighted by molar-refractivity contribution is 0.461. The second-order valence-electron chi connectivity index (χ2n) is 21.4. The first-order valence-electron chi connectivity index (χ1n) is 23.3. The van der Waals surface area contributed by atoms with Crippen molar-refractivity contribution in [2.45, 2.75) is 78.6 Å². The average molecular weight is 877 g/mol. The summed E-state index contributed by atoms with van der Waals surface area (Å²) >= 11 is 1.83. The molecule has 0 aliphatic carbocycles. The van der Waals surface area contributed by atoms with Gasteiger partial charge in [0, 0.05) is 54.8 Å². The molecule has 324 valence electrons. The molecule has 6 heteroatoms. The van der Waals surface area contributed by atoms with E-state index in [0.29, 0.717) is 0 Å². The summed E-state index contributed by atoms with van der Waals surface area (Å²) in [4.78, 5) is 2.37. The summed E-state index contributed by atoms with van der Waals surface area (Å²) in [5, 5.41) is 4.93. The van der Waals surface area contributed by atoms with Crippen molar-refractivity contribution in [1.29, 1.82) is 0 Å². The summed E-state index contributed by atoms with van der Waals surface area (Å²) in [6, 6.07) is 58.4. The number of hydrogen-bond acceptors (Lipinski definition) is 4. The Morgan fingerprint density at radius 2 is 0.985 bits per heavy atom. The van der Waals surface area contributed by atoms with Crippen LogP contribution in [0.25, 0.3) is 47.7 Å². The van der Waals surface area contributed by atoms with Crippen LogP contribution in [0.4, 0.5) is 17.1 Å². The Labute approximate surface area is 392 Å². The van der Waals surface area contributed by atoms with Crippen molar-refractivity contribution in [2.24, 2.45) is 0 Å². The molecule has 8 aromatic carbocycles. The molecule has 2 aromatic heterocycles. The first-order valence-corrected chi connectivity index (χ1v) is 24.1. The Balaban J connectivity index is 1.12. The van der Waals surface area contributed by atoms with Gasteiger partial charge in [-0.3, -0.25) is 0 Å². The smallest absolute Gasteiger partial charge is 0.260 e. The lowest BCUT2D eigenvalue weighted by Gasteiger charge is -2.36. The second kappa shape index (κ2) is 14.4. The monoisotopic (exact) mass is 876 g/mol. The van der Waals surface area contributed by atoms with Gasteiger partial charge >= 0.3 is 0 Å². The Morgan fingerprint density at radius 3 is 1.56 bits per heavy atom. The molecule has 66 heavy (non-hydrogen) atoms. The van der Waals surface area contributed by atoms with Crippen molar-refractivity contribution in [1.82, 2.24) is 4.57 Å². The number of hydrogen-bond donors (Lipinski definition) is 0. The molecule has 0 fully saturated rings. The van der Waals surface area contributed by atoms with Gasteiger partial charge in [0.15, 0.2) is 0 Å². The number of aromatic nitrogens is 1. The van der Waals surface area contributed by atoms with E-state index in [1.165, 1.54) is 54.0 Å². The van der Waals surface area contributed by atoms with Crippen LogP contribution in [0.15, 0.2) is 158 Å². The van der Waals surface area contributed by atoms with Crippen molar-refractivity contribution >= 4 is 93.5 Å². The molecule has 0 unspecified atom stereocenters. The molecule has 4 nitrogen and oxygen atoms in total. The third-order valence-electron chi connectivity index (χ3n) is 14.0. The van der Waals surface area contributed by atoms with Gasteiger partial charge < -0.3 is 18.9 Å². The summed E-state index contributed by atoms with van der Waals surface area (Å²) in [6.07, 6.45) is 0. The lowest BCUT2D eigenvalue weighted by atomic mass is 9.34. The molecule has 0 spiro atoms. The molecule has 0 radical (unpaired) electrons. The van der Waals surface area contributed by atoms with Gasteiger partial charge in [0.2, 0.25) is 0 Å². The predicted molar refractivity (Wildman–Crippen MR) is 282 cm³/mol. The molecule has 10 aromatic rings. The van der Waals surface area contributed by atoms with E-state index >= 15 is 0 Å². The molecule has 0 amide bonds. The Kier molecular flexibility index (Phi) is 8.87. The molecule has 0 saturated heterocycles. The molecule has 2 aliphatic rings. The standard InChI is InChI=1S/C60H53BN2O2S/c1-58(2,3)36-22-26-39(27-23-36)62(40-28-24-37(25-29-40)59(4,5)6)41-30-31-45-50(34-41)64-51-32-38(60(7,8)9)33-52-55(51)61(45)46-35-49(54-44-18-12-15-21-53(44)66-57(54)56(46)65-52)63-47-19-13-10-16-42(47)43-17-11-14-20-48(43)63/h10-35H,1-9H3. The summed E-state index contributed by atoms with van der Waals surface area (Å²) in [6.45, 7) is 20.3. The summed E-state index contributed by atoms with van der Waals surface area (Å²) in [5.41, 5.74) is 13.8. The van der Waals surface area contributed by atoms with Crippen LogP contribution in [0.2, 0.25) is 0 Å².